The highest BCUT2D eigenvalue weighted by Crippen LogP contribution is 2.22. The molecule has 0 saturated heterocycles. The molecule has 1 atom stereocenters. The predicted octanol–water partition coefficient (Wildman–Crippen LogP) is 2.26. The number of sulfonamides is 1. The van der Waals surface area contributed by atoms with Crippen LogP contribution in [0.4, 0.5) is 4.79 Å². The first kappa shape index (κ1) is 17.5. The van der Waals surface area contributed by atoms with Crippen molar-refractivity contribution < 1.29 is 17.9 Å². The molecule has 1 amide bonds. The van der Waals surface area contributed by atoms with Crippen molar-refractivity contribution in [3.63, 3.8) is 0 Å². The maximum Gasteiger partial charge on any atom is 0.410 e. The molecule has 0 heterocycles. The molecule has 21 heavy (non-hydrogen) atoms. The van der Waals surface area contributed by atoms with E-state index in [1.165, 1.54) is 17.0 Å². The van der Waals surface area contributed by atoms with E-state index in [1.54, 1.807) is 40.0 Å². The van der Waals surface area contributed by atoms with Gasteiger partial charge >= 0.3 is 6.09 Å². The minimum Gasteiger partial charge on any atom is -0.444 e. The van der Waals surface area contributed by atoms with E-state index in [0.29, 0.717) is 0 Å². The molecule has 0 saturated carbocycles. The molecule has 0 aliphatic heterocycles. The van der Waals surface area contributed by atoms with Gasteiger partial charge in [-0.3, -0.25) is 0 Å². The van der Waals surface area contributed by atoms with E-state index in [0.717, 1.165) is 5.56 Å². The number of hydrogen-bond acceptors (Lipinski definition) is 4. The Bertz CT molecular complexity index is 603. The normalized spacial score (nSPS) is 13.6. The van der Waals surface area contributed by atoms with E-state index in [2.05, 4.69) is 0 Å². The minimum atomic E-state index is -3.71. The van der Waals surface area contributed by atoms with Gasteiger partial charge in [-0.15, -0.1) is 0 Å². The molecule has 2 N–H and O–H groups in total. The van der Waals surface area contributed by atoms with Gasteiger partial charge in [0.05, 0.1) is 10.9 Å². The molecule has 0 unspecified atom stereocenters. The number of carbonyl (C=O) groups is 1. The van der Waals surface area contributed by atoms with Gasteiger partial charge in [-0.05, 0) is 45.4 Å². The SMILES string of the molecule is C[C@H](c1ccc(S(N)(=O)=O)cc1)N(C)C(=O)OC(C)(C)C. The van der Waals surface area contributed by atoms with Gasteiger partial charge in [-0.25, -0.2) is 18.4 Å². The average molecular weight is 314 g/mol. The summed E-state index contributed by atoms with van der Waals surface area (Å²) in [6, 6.07) is 5.85. The fraction of sp³-hybridized carbons (Fsp3) is 0.500. The van der Waals surface area contributed by atoms with Crippen LogP contribution in [0.3, 0.4) is 0 Å². The molecule has 0 aliphatic rings. The van der Waals surface area contributed by atoms with Crippen molar-refractivity contribution in [2.75, 3.05) is 7.05 Å². The van der Waals surface area contributed by atoms with Gasteiger partial charge in [0.2, 0.25) is 10.0 Å². The largest absolute Gasteiger partial charge is 0.444 e. The van der Waals surface area contributed by atoms with Crippen molar-refractivity contribution in [3.05, 3.63) is 29.8 Å². The van der Waals surface area contributed by atoms with Crippen LogP contribution in [0.1, 0.15) is 39.3 Å². The van der Waals surface area contributed by atoms with Crippen LogP contribution in [-0.4, -0.2) is 32.1 Å². The highest BCUT2D eigenvalue weighted by Gasteiger charge is 2.23. The molecule has 7 heteroatoms. The zero-order valence-electron chi connectivity index (χ0n) is 13.0. The quantitative estimate of drug-likeness (QED) is 0.926. The second kappa shape index (κ2) is 6.03. The summed E-state index contributed by atoms with van der Waals surface area (Å²) in [4.78, 5) is 13.5. The Morgan fingerprint density at radius 1 is 1.24 bits per heavy atom. The van der Waals surface area contributed by atoms with E-state index < -0.39 is 21.7 Å². The van der Waals surface area contributed by atoms with E-state index in [4.69, 9.17) is 9.88 Å². The summed E-state index contributed by atoms with van der Waals surface area (Å²) in [6.07, 6.45) is -0.439. The zero-order valence-corrected chi connectivity index (χ0v) is 13.8. The Morgan fingerprint density at radius 3 is 2.10 bits per heavy atom. The first-order chi connectivity index (χ1) is 9.42. The Kier molecular flexibility index (Phi) is 5.01. The third-order valence-corrected chi connectivity index (χ3v) is 3.88. The number of nitrogens with two attached hydrogens (primary N) is 1. The number of ether oxygens (including phenoxy) is 1. The maximum atomic E-state index is 12.0. The average Bonchev–Trinajstić information content (AvgIpc) is 2.34. The molecule has 0 aliphatic carbocycles. The number of rotatable bonds is 3. The van der Waals surface area contributed by atoms with Gasteiger partial charge in [0, 0.05) is 7.05 Å². The molecule has 0 fully saturated rings. The van der Waals surface area contributed by atoms with Gasteiger partial charge in [0.1, 0.15) is 5.60 Å². The predicted molar refractivity (Wildman–Crippen MR) is 80.2 cm³/mol. The van der Waals surface area contributed by atoms with Gasteiger partial charge in [0.25, 0.3) is 0 Å². The summed E-state index contributed by atoms with van der Waals surface area (Å²) in [5, 5.41) is 5.05. The molecule has 118 valence electrons. The van der Waals surface area contributed by atoms with Crippen molar-refractivity contribution in [1.29, 1.82) is 0 Å². The second-order valence-corrected chi connectivity index (χ2v) is 7.44. The lowest BCUT2D eigenvalue weighted by atomic mass is 10.1. The van der Waals surface area contributed by atoms with Crippen LogP contribution in [0.5, 0.6) is 0 Å². The van der Waals surface area contributed by atoms with E-state index in [1.807, 2.05) is 6.92 Å². The molecular weight excluding hydrogens is 292 g/mol. The first-order valence-electron chi connectivity index (χ1n) is 6.50. The van der Waals surface area contributed by atoms with Crippen LogP contribution in [-0.2, 0) is 14.8 Å². The second-order valence-electron chi connectivity index (χ2n) is 5.88. The Labute approximate surface area is 125 Å². The van der Waals surface area contributed by atoms with Gasteiger partial charge in [0.15, 0.2) is 0 Å². The fourth-order valence-corrected chi connectivity index (χ4v) is 2.17. The van der Waals surface area contributed by atoms with Gasteiger partial charge in [-0.2, -0.15) is 0 Å². The van der Waals surface area contributed by atoms with E-state index in [9.17, 15) is 13.2 Å². The van der Waals surface area contributed by atoms with Crippen molar-refractivity contribution in [2.45, 2.75) is 44.2 Å². The first-order valence-corrected chi connectivity index (χ1v) is 8.05. The highest BCUT2D eigenvalue weighted by atomic mass is 32.2. The molecule has 0 aromatic heterocycles. The summed E-state index contributed by atoms with van der Waals surface area (Å²) < 4.78 is 27.7. The third kappa shape index (κ3) is 5.02. The van der Waals surface area contributed by atoms with Crippen molar-refractivity contribution >= 4 is 16.1 Å². The lowest BCUT2D eigenvalue weighted by molar-refractivity contribution is 0.0234. The van der Waals surface area contributed by atoms with Gasteiger partial charge in [-0.1, -0.05) is 12.1 Å². The Hall–Kier alpha value is -1.60. The van der Waals surface area contributed by atoms with Gasteiger partial charge < -0.3 is 9.64 Å². The Balaban J connectivity index is 2.88. The zero-order chi connectivity index (χ0) is 16.4. The van der Waals surface area contributed by atoms with Crippen molar-refractivity contribution in [1.82, 2.24) is 4.90 Å². The number of carbonyl (C=O) groups excluding carboxylic acids is 1. The van der Waals surface area contributed by atoms with Crippen molar-refractivity contribution in [3.8, 4) is 0 Å². The number of hydrogen-bond donors (Lipinski definition) is 1. The topological polar surface area (TPSA) is 89.7 Å². The lowest BCUT2D eigenvalue weighted by Crippen LogP contribution is -2.35. The molecule has 0 spiro atoms. The third-order valence-electron chi connectivity index (χ3n) is 2.95. The maximum absolute atomic E-state index is 12.0. The standard InChI is InChI=1S/C14H22N2O4S/c1-10(16(5)13(17)20-14(2,3)4)11-6-8-12(9-7-11)21(15,18)19/h6-10H,1-5H3,(H2,15,18,19)/t10-/m1/s1. The number of nitrogens with zero attached hydrogens (tertiary/aromatic N) is 1. The monoisotopic (exact) mass is 314 g/mol. The molecule has 6 nitrogen and oxygen atoms in total. The number of primary sulfonamides is 1. The van der Waals surface area contributed by atoms with Crippen molar-refractivity contribution in [2.24, 2.45) is 5.14 Å². The minimum absolute atomic E-state index is 0.0402. The lowest BCUT2D eigenvalue weighted by Gasteiger charge is -2.29. The van der Waals surface area contributed by atoms with Crippen LogP contribution in [0, 0.1) is 0 Å². The molecule has 1 aromatic rings. The summed E-state index contributed by atoms with van der Waals surface area (Å²) in [6.45, 7) is 7.22. The van der Waals surface area contributed by atoms with E-state index >= 15 is 0 Å². The summed E-state index contributed by atoms with van der Waals surface area (Å²) in [7, 11) is -2.08. The molecule has 1 rings (SSSR count). The fourth-order valence-electron chi connectivity index (χ4n) is 1.65. The molecule has 0 bridgehead atoms. The molecule has 1 aromatic carbocycles. The molecular formula is C14H22N2O4S. The van der Waals surface area contributed by atoms with Crippen LogP contribution in [0.25, 0.3) is 0 Å². The van der Waals surface area contributed by atoms with Crippen LogP contribution in [0.2, 0.25) is 0 Å². The smallest absolute Gasteiger partial charge is 0.410 e. The number of benzene rings is 1. The van der Waals surface area contributed by atoms with Crippen LogP contribution >= 0.6 is 0 Å². The highest BCUT2D eigenvalue weighted by molar-refractivity contribution is 7.89. The van der Waals surface area contributed by atoms with E-state index in [-0.39, 0.29) is 10.9 Å². The van der Waals surface area contributed by atoms with Crippen LogP contribution in [0.15, 0.2) is 29.2 Å². The Morgan fingerprint density at radius 2 is 1.71 bits per heavy atom. The summed E-state index contributed by atoms with van der Waals surface area (Å²) >= 11 is 0. The molecule has 0 radical (unpaired) electrons. The number of amides is 1. The summed E-state index contributed by atoms with van der Waals surface area (Å²) in [5.41, 5.74) is 0.221. The summed E-state index contributed by atoms with van der Waals surface area (Å²) in [5.74, 6) is 0. The van der Waals surface area contributed by atoms with Crippen LogP contribution < -0.4 is 5.14 Å².